The summed E-state index contributed by atoms with van der Waals surface area (Å²) in [4.78, 5) is 0. The third kappa shape index (κ3) is 2.72. The molecular weight excluding hydrogens is 225 g/mol. The fraction of sp³-hybridized carbons (Fsp3) is 0.250. The Bertz CT molecular complexity index is 238. The number of nitrogens with one attached hydrogen (secondary N) is 1. The van der Waals surface area contributed by atoms with E-state index in [9.17, 15) is 0 Å². The van der Waals surface area contributed by atoms with Crippen molar-refractivity contribution in [2.45, 2.75) is 6.92 Å². The van der Waals surface area contributed by atoms with Crippen LogP contribution in [0.1, 0.15) is 5.56 Å². The fourth-order valence-electron chi connectivity index (χ4n) is 0.748. The summed E-state index contributed by atoms with van der Waals surface area (Å²) in [5, 5.41) is 3.06. The van der Waals surface area contributed by atoms with E-state index in [2.05, 4.69) is 46.4 Å². The van der Waals surface area contributed by atoms with Gasteiger partial charge in [-0.1, -0.05) is 22.0 Å². The lowest BCUT2D eigenvalue weighted by molar-refractivity contribution is 1.40. The summed E-state index contributed by atoms with van der Waals surface area (Å²) in [7, 11) is 1.91. The Morgan fingerprint density at radius 3 is 2.45 bits per heavy atom. The maximum atomic E-state index is 3.45. The zero-order valence-corrected chi connectivity index (χ0v) is 8.92. The third-order valence-electron chi connectivity index (χ3n) is 1.46. The van der Waals surface area contributed by atoms with Crippen molar-refractivity contribution >= 4 is 34.0 Å². The van der Waals surface area contributed by atoms with Crippen molar-refractivity contribution < 1.29 is 0 Å². The fourth-order valence-corrected chi connectivity index (χ4v) is 1.13. The summed E-state index contributed by atoms with van der Waals surface area (Å²) in [5.74, 6) is 0. The smallest absolute Gasteiger partial charge is 0.0349 e. The van der Waals surface area contributed by atoms with Crippen molar-refractivity contribution in [1.82, 2.24) is 0 Å². The van der Waals surface area contributed by atoms with Crippen LogP contribution < -0.4 is 5.32 Å². The average Bonchev–Trinajstić information content (AvgIpc) is 1.95. The van der Waals surface area contributed by atoms with Gasteiger partial charge in [-0.2, -0.15) is 0 Å². The average molecular weight is 237 g/mol. The minimum Gasteiger partial charge on any atom is -0.388 e. The Labute approximate surface area is 81.7 Å². The van der Waals surface area contributed by atoms with Gasteiger partial charge in [-0.25, -0.2) is 0 Å². The Balaban J connectivity index is 0.000001000. The zero-order valence-electron chi connectivity index (χ0n) is 6.52. The Morgan fingerprint density at radius 2 is 2.00 bits per heavy atom. The van der Waals surface area contributed by atoms with Crippen molar-refractivity contribution in [3.8, 4) is 0 Å². The quantitative estimate of drug-likeness (QED) is 0.789. The molecule has 3 heteroatoms. The molecule has 0 atom stereocenters. The molecule has 0 unspecified atom stereocenters. The standard InChI is InChI=1S/C8H10BrN.ClH/c1-6-3-4-7(10-2)5-8(6)9;/h3-5,10H,1-2H3;1H. The largest absolute Gasteiger partial charge is 0.388 e. The summed E-state index contributed by atoms with van der Waals surface area (Å²) >= 11 is 3.45. The van der Waals surface area contributed by atoms with Crippen LogP contribution in [0, 0.1) is 6.92 Å². The lowest BCUT2D eigenvalue weighted by Gasteiger charge is -2.01. The number of hydrogen-bond acceptors (Lipinski definition) is 1. The molecule has 0 heterocycles. The number of benzene rings is 1. The van der Waals surface area contributed by atoms with Gasteiger partial charge in [-0.3, -0.25) is 0 Å². The molecule has 0 aliphatic carbocycles. The molecular formula is C8H11BrClN. The van der Waals surface area contributed by atoms with Gasteiger partial charge in [-0.15, -0.1) is 12.4 Å². The highest BCUT2D eigenvalue weighted by molar-refractivity contribution is 9.10. The number of rotatable bonds is 1. The Hall–Kier alpha value is -0.210. The molecule has 0 amide bonds. The first-order chi connectivity index (χ1) is 4.74. The molecule has 0 aliphatic rings. The molecule has 1 aromatic rings. The third-order valence-corrected chi connectivity index (χ3v) is 2.31. The summed E-state index contributed by atoms with van der Waals surface area (Å²) in [6, 6.07) is 6.20. The van der Waals surface area contributed by atoms with Crippen LogP contribution in [-0.4, -0.2) is 7.05 Å². The zero-order chi connectivity index (χ0) is 7.56. The van der Waals surface area contributed by atoms with Crippen LogP contribution in [0.4, 0.5) is 5.69 Å². The van der Waals surface area contributed by atoms with E-state index in [1.807, 2.05) is 7.05 Å². The molecule has 0 fully saturated rings. The first-order valence-corrected chi connectivity index (χ1v) is 3.97. The molecule has 1 aromatic carbocycles. The second-order valence-corrected chi connectivity index (χ2v) is 3.07. The van der Waals surface area contributed by atoms with Crippen molar-refractivity contribution in [3.63, 3.8) is 0 Å². The van der Waals surface area contributed by atoms with E-state index in [0.29, 0.717) is 0 Å². The molecule has 0 aromatic heterocycles. The van der Waals surface area contributed by atoms with Gasteiger partial charge in [0.15, 0.2) is 0 Å². The van der Waals surface area contributed by atoms with E-state index in [-0.39, 0.29) is 12.4 Å². The molecule has 0 radical (unpaired) electrons. The Morgan fingerprint density at radius 1 is 1.36 bits per heavy atom. The van der Waals surface area contributed by atoms with Gasteiger partial charge in [0.1, 0.15) is 0 Å². The predicted octanol–water partition coefficient (Wildman–Crippen LogP) is 3.22. The lowest BCUT2D eigenvalue weighted by atomic mass is 10.2. The first-order valence-electron chi connectivity index (χ1n) is 3.18. The molecule has 62 valence electrons. The van der Waals surface area contributed by atoms with Crippen LogP contribution in [-0.2, 0) is 0 Å². The van der Waals surface area contributed by atoms with Crippen LogP contribution in [0.3, 0.4) is 0 Å². The molecule has 1 nitrogen and oxygen atoms in total. The molecule has 0 saturated heterocycles. The Kier molecular flexibility index (Phi) is 4.54. The van der Waals surface area contributed by atoms with E-state index in [0.717, 1.165) is 10.2 Å². The minimum atomic E-state index is 0. The molecule has 1 rings (SSSR count). The predicted molar refractivity (Wildman–Crippen MR) is 55.7 cm³/mol. The van der Waals surface area contributed by atoms with Gasteiger partial charge in [-0.05, 0) is 24.6 Å². The number of aryl methyl sites for hydroxylation is 1. The van der Waals surface area contributed by atoms with Crippen LogP contribution in [0.25, 0.3) is 0 Å². The van der Waals surface area contributed by atoms with Gasteiger partial charge >= 0.3 is 0 Å². The van der Waals surface area contributed by atoms with Crippen molar-refractivity contribution in [1.29, 1.82) is 0 Å². The monoisotopic (exact) mass is 235 g/mol. The van der Waals surface area contributed by atoms with Gasteiger partial charge in [0.25, 0.3) is 0 Å². The van der Waals surface area contributed by atoms with E-state index >= 15 is 0 Å². The van der Waals surface area contributed by atoms with Crippen molar-refractivity contribution in [2.24, 2.45) is 0 Å². The molecule has 0 saturated carbocycles. The lowest BCUT2D eigenvalue weighted by Crippen LogP contribution is -1.87. The summed E-state index contributed by atoms with van der Waals surface area (Å²) in [6.45, 7) is 2.07. The number of anilines is 1. The van der Waals surface area contributed by atoms with Crippen molar-refractivity contribution in [2.75, 3.05) is 12.4 Å². The number of hydrogen-bond donors (Lipinski definition) is 1. The summed E-state index contributed by atoms with van der Waals surface area (Å²) < 4.78 is 1.15. The van der Waals surface area contributed by atoms with Crippen molar-refractivity contribution in [3.05, 3.63) is 28.2 Å². The normalized spacial score (nSPS) is 8.64. The molecule has 0 spiro atoms. The van der Waals surface area contributed by atoms with Crippen LogP contribution in [0.2, 0.25) is 0 Å². The van der Waals surface area contributed by atoms with E-state index in [1.54, 1.807) is 0 Å². The molecule has 11 heavy (non-hydrogen) atoms. The molecule has 0 bridgehead atoms. The maximum absolute atomic E-state index is 3.45. The second-order valence-electron chi connectivity index (χ2n) is 2.21. The van der Waals surface area contributed by atoms with Gasteiger partial charge in [0.05, 0.1) is 0 Å². The highest BCUT2D eigenvalue weighted by atomic mass is 79.9. The van der Waals surface area contributed by atoms with Gasteiger partial charge in [0, 0.05) is 17.2 Å². The second kappa shape index (κ2) is 4.62. The summed E-state index contributed by atoms with van der Waals surface area (Å²) in [6.07, 6.45) is 0. The molecule has 0 aliphatic heterocycles. The maximum Gasteiger partial charge on any atom is 0.0349 e. The first kappa shape index (κ1) is 10.8. The van der Waals surface area contributed by atoms with Gasteiger partial charge in [0.2, 0.25) is 0 Å². The topological polar surface area (TPSA) is 12.0 Å². The minimum absolute atomic E-state index is 0. The highest BCUT2D eigenvalue weighted by Gasteiger charge is 1.93. The van der Waals surface area contributed by atoms with E-state index < -0.39 is 0 Å². The van der Waals surface area contributed by atoms with E-state index in [1.165, 1.54) is 5.56 Å². The van der Waals surface area contributed by atoms with Crippen LogP contribution in [0.5, 0.6) is 0 Å². The highest BCUT2D eigenvalue weighted by Crippen LogP contribution is 2.19. The summed E-state index contributed by atoms with van der Waals surface area (Å²) in [5.41, 5.74) is 2.40. The molecule has 1 N–H and O–H groups in total. The van der Waals surface area contributed by atoms with Crippen LogP contribution >= 0.6 is 28.3 Å². The van der Waals surface area contributed by atoms with Gasteiger partial charge < -0.3 is 5.32 Å². The number of halogens is 2. The SMILES string of the molecule is CNc1ccc(C)c(Br)c1.Cl. The van der Waals surface area contributed by atoms with Crippen LogP contribution in [0.15, 0.2) is 22.7 Å². The van der Waals surface area contributed by atoms with E-state index in [4.69, 9.17) is 0 Å².